The molecule has 0 bridgehead atoms. The third kappa shape index (κ3) is 3.26. The Bertz CT molecular complexity index is 156. The van der Waals surface area contributed by atoms with Gasteiger partial charge >= 0.3 is 0 Å². The summed E-state index contributed by atoms with van der Waals surface area (Å²) in [6, 6.07) is 0. The summed E-state index contributed by atoms with van der Waals surface area (Å²) in [6.07, 6.45) is 12.8. The third-order valence-corrected chi connectivity index (χ3v) is 1.91. The summed E-state index contributed by atoms with van der Waals surface area (Å²) >= 11 is 0. The molecule has 0 atom stereocenters. The average Bonchev–Trinajstić information content (AvgIpc) is 2.07. The van der Waals surface area contributed by atoms with Gasteiger partial charge in [-0.05, 0) is 38.3 Å². The lowest BCUT2D eigenvalue weighted by Crippen LogP contribution is -2.07. The highest BCUT2D eigenvalue weighted by molar-refractivity contribution is 5.05. The van der Waals surface area contributed by atoms with E-state index in [1.807, 2.05) is 0 Å². The van der Waals surface area contributed by atoms with Crippen molar-refractivity contribution in [3.05, 3.63) is 24.0 Å². The molecule has 0 aromatic heterocycles. The molecule has 0 aromatic carbocycles. The van der Waals surface area contributed by atoms with E-state index in [0.717, 1.165) is 6.42 Å². The van der Waals surface area contributed by atoms with E-state index in [-0.39, 0.29) is 0 Å². The number of rotatable bonds is 3. The first-order valence-corrected chi connectivity index (χ1v) is 4.54. The molecule has 0 amide bonds. The zero-order valence-electron chi connectivity index (χ0n) is 7.27. The van der Waals surface area contributed by atoms with E-state index >= 15 is 0 Å². The minimum absolute atomic E-state index is 1.11. The third-order valence-electron chi connectivity index (χ3n) is 1.91. The van der Waals surface area contributed by atoms with Crippen LogP contribution in [0, 0.1) is 0 Å². The van der Waals surface area contributed by atoms with Crippen LogP contribution in [0.15, 0.2) is 24.0 Å². The summed E-state index contributed by atoms with van der Waals surface area (Å²) in [7, 11) is 0. The van der Waals surface area contributed by atoms with Crippen molar-refractivity contribution < 1.29 is 0 Å². The summed E-state index contributed by atoms with van der Waals surface area (Å²) in [5.74, 6) is 0. The van der Waals surface area contributed by atoms with E-state index in [0.29, 0.717) is 0 Å². The van der Waals surface area contributed by atoms with E-state index in [2.05, 4.69) is 30.6 Å². The Morgan fingerprint density at radius 1 is 1.55 bits per heavy atom. The predicted octanol–water partition coefficient (Wildman–Crippen LogP) is 2.96. The predicted molar refractivity (Wildman–Crippen MR) is 49.1 cm³/mol. The van der Waals surface area contributed by atoms with Crippen molar-refractivity contribution in [1.29, 1.82) is 0 Å². The fourth-order valence-corrected chi connectivity index (χ4v) is 1.25. The molecule has 0 saturated carbocycles. The van der Waals surface area contributed by atoms with Gasteiger partial charge in [-0.1, -0.05) is 19.1 Å². The second-order valence-electron chi connectivity index (χ2n) is 2.93. The molecule has 0 fully saturated rings. The first kappa shape index (κ1) is 8.38. The van der Waals surface area contributed by atoms with Gasteiger partial charge in [-0.25, -0.2) is 0 Å². The molecule has 1 nitrogen and oxygen atoms in total. The monoisotopic (exact) mass is 151 g/mol. The van der Waals surface area contributed by atoms with Gasteiger partial charge in [-0.2, -0.15) is 0 Å². The van der Waals surface area contributed by atoms with Crippen LogP contribution < -0.4 is 5.32 Å². The van der Waals surface area contributed by atoms with Crippen LogP contribution in [0.4, 0.5) is 0 Å². The van der Waals surface area contributed by atoms with Crippen LogP contribution in [-0.2, 0) is 0 Å². The van der Waals surface area contributed by atoms with E-state index in [1.165, 1.54) is 31.4 Å². The molecule has 0 saturated heterocycles. The lowest BCUT2D eigenvalue weighted by molar-refractivity contribution is 0.674. The molecule has 0 radical (unpaired) electrons. The Morgan fingerprint density at radius 3 is 3.09 bits per heavy atom. The molecule has 0 aliphatic heterocycles. The van der Waals surface area contributed by atoms with Crippen molar-refractivity contribution in [2.75, 3.05) is 0 Å². The smallest absolute Gasteiger partial charge is 0.0106 e. The first-order valence-electron chi connectivity index (χ1n) is 4.54. The summed E-state index contributed by atoms with van der Waals surface area (Å²) in [5, 5.41) is 3.30. The number of hydrogen-bond donors (Lipinski definition) is 1. The summed E-state index contributed by atoms with van der Waals surface area (Å²) in [5.41, 5.74) is 1.40. The van der Waals surface area contributed by atoms with Crippen molar-refractivity contribution >= 4 is 0 Å². The molecule has 1 aliphatic carbocycles. The van der Waals surface area contributed by atoms with E-state index < -0.39 is 0 Å². The highest BCUT2D eigenvalue weighted by Gasteiger charge is 1.99. The van der Waals surface area contributed by atoms with Crippen molar-refractivity contribution in [3.8, 4) is 0 Å². The topological polar surface area (TPSA) is 12.0 Å². The first-order chi connectivity index (χ1) is 5.43. The van der Waals surface area contributed by atoms with Gasteiger partial charge in [0.05, 0.1) is 0 Å². The Labute approximate surface area is 69.2 Å². The van der Waals surface area contributed by atoms with Crippen LogP contribution >= 0.6 is 0 Å². The van der Waals surface area contributed by atoms with Gasteiger partial charge in [0.1, 0.15) is 0 Å². The highest BCUT2D eigenvalue weighted by Crippen LogP contribution is 2.14. The molecule has 1 heteroatoms. The lowest BCUT2D eigenvalue weighted by Gasteiger charge is -2.11. The molecule has 0 spiro atoms. The Morgan fingerprint density at radius 2 is 2.45 bits per heavy atom. The Balaban J connectivity index is 2.24. The number of allylic oxidation sites excluding steroid dienone is 3. The molecule has 62 valence electrons. The van der Waals surface area contributed by atoms with E-state index in [4.69, 9.17) is 0 Å². The Kier molecular flexibility index (Phi) is 3.81. The fraction of sp³-hybridized carbons (Fsp3) is 0.600. The van der Waals surface area contributed by atoms with Crippen molar-refractivity contribution in [2.24, 2.45) is 0 Å². The largest absolute Gasteiger partial charge is 0.366 e. The molecule has 1 N–H and O–H groups in total. The lowest BCUT2D eigenvalue weighted by atomic mass is 10.1. The zero-order chi connectivity index (χ0) is 7.94. The van der Waals surface area contributed by atoms with Crippen LogP contribution in [0.25, 0.3) is 0 Å². The quantitative estimate of drug-likeness (QED) is 0.654. The summed E-state index contributed by atoms with van der Waals surface area (Å²) in [4.78, 5) is 0. The van der Waals surface area contributed by atoms with Crippen molar-refractivity contribution in [3.63, 3.8) is 0 Å². The van der Waals surface area contributed by atoms with Crippen LogP contribution in [-0.4, -0.2) is 0 Å². The minimum atomic E-state index is 1.11. The van der Waals surface area contributed by atoms with Gasteiger partial charge in [0, 0.05) is 5.70 Å². The van der Waals surface area contributed by atoms with Crippen LogP contribution in [0.3, 0.4) is 0 Å². The van der Waals surface area contributed by atoms with Gasteiger partial charge in [-0.3, -0.25) is 0 Å². The minimum Gasteiger partial charge on any atom is -0.366 e. The summed E-state index contributed by atoms with van der Waals surface area (Å²) < 4.78 is 0. The fourth-order valence-electron chi connectivity index (χ4n) is 1.25. The number of hydrogen-bond acceptors (Lipinski definition) is 1. The molecule has 1 aliphatic rings. The van der Waals surface area contributed by atoms with Crippen LogP contribution in [0.1, 0.15) is 39.0 Å². The van der Waals surface area contributed by atoms with Crippen LogP contribution in [0.2, 0.25) is 0 Å². The van der Waals surface area contributed by atoms with Crippen molar-refractivity contribution in [2.45, 2.75) is 39.0 Å². The van der Waals surface area contributed by atoms with Gasteiger partial charge < -0.3 is 5.32 Å². The molecule has 0 aromatic rings. The Hall–Kier alpha value is -0.720. The normalized spacial score (nSPS) is 18.5. The zero-order valence-corrected chi connectivity index (χ0v) is 7.27. The van der Waals surface area contributed by atoms with Gasteiger partial charge in [0.2, 0.25) is 0 Å². The average molecular weight is 151 g/mol. The van der Waals surface area contributed by atoms with Gasteiger partial charge in [0.25, 0.3) is 0 Å². The second-order valence-corrected chi connectivity index (χ2v) is 2.93. The van der Waals surface area contributed by atoms with E-state index in [9.17, 15) is 0 Å². The maximum absolute atomic E-state index is 3.30. The maximum Gasteiger partial charge on any atom is 0.0106 e. The van der Waals surface area contributed by atoms with Gasteiger partial charge in [-0.15, -0.1) is 0 Å². The highest BCUT2D eigenvalue weighted by atomic mass is 14.8. The SMILES string of the molecule is CC/C=C/NC1=CCCCC1. The maximum atomic E-state index is 3.30. The van der Waals surface area contributed by atoms with Gasteiger partial charge in [0.15, 0.2) is 0 Å². The molecule has 11 heavy (non-hydrogen) atoms. The summed E-state index contributed by atoms with van der Waals surface area (Å²) in [6.45, 7) is 2.15. The van der Waals surface area contributed by atoms with Crippen molar-refractivity contribution in [1.82, 2.24) is 5.32 Å². The van der Waals surface area contributed by atoms with Crippen LogP contribution in [0.5, 0.6) is 0 Å². The standard InChI is InChI=1S/C10H17N/c1-2-3-9-11-10-7-5-4-6-8-10/h3,7,9,11H,2,4-6,8H2,1H3/b9-3+. The number of nitrogens with one attached hydrogen (secondary N) is 1. The molecular weight excluding hydrogens is 134 g/mol. The van der Waals surface area contributed by atoms with E-state index in [1.54, 1.807) is 0 Å². The molecule has 0 heterocycles. The molecule has 1 rings (SSSR count). The second kappa shape index (κ2) is 5.00. The molecular formula is C10H17N. The molecule has 0 unspecified atom stereocenters.